The molecule has 3 aromatic carbocycles. The molecule has 5 nitrogen and oxygen atoms in total. The number of fused-ring (bicyclic) bond motifs is 1. The first-order valence-electron chi connectivity index (χ1n) is 11.9. The lowest BCUT2D eigenvalue weighted by Crippen LogP contribution is -2.50. The molecule has 0 spiro atoms. The summed E-state index contributed by atoms with van der Waals surface area (Å²) in [5, 5.41) is 5.09. The molecular weight excluding hydrogens is 492 g/mol. The summed E-state index contributed by atoms with van der Waals surface area (Å²) in [6.45, 7) is 6.85. The highest BCUT2D eigenvalue weighted by molar-refractivity contribution is 9.10. The third-order valence-corrected chi connectivity index (χ3v) is 6.69. The standard InChI is InChI=1S/C28H33BrN2O3/c1-4-6-17-30-28(33)24(5-2)31(18-21-13-11-20(3)12-14-21)26(32)19-34-25-16-15-22-9-7-8-10-23(22)27(25)29/h7-16,24H,4-6,17-19H2,1-3H3,(H,30,33)/t24-/m1/s1. The molecule has 0 radical (unpaired) electrons. The van der Waals surface area contributed by atoms with Crippen LogP contribution in [0.3, 0.4) is 0 Å². The zero-order chi connectivity index (χ0) is 24.5. The molecule has 0 bridgehead atoms. The number of benzene rings is 3. The van der Waals surface area contributed by atoms with Crippen LogP contribution in [0.25, 0.3) is 10.8 Å². The van der Waals surface area contributed by atoms with Gasteiger partial charge in [-0.1, -0.05) is 80.4 Å². The van der Waals surface area contributed by atoms with Crippen molar-refractivity contribution >= 4 is 38.5 Å². The second-order valence-electron chi connectivity index (χ2n) is 8.46. The van der Waals surface area contributed by atoms with Crippen LogP contribution in [0.2, 0.25) is 0 Å². The first-order valence-corrected chi connectivity index (χ1v) is 12.7. The number of amides is 2. The highest BCUT2D eigenvalue weighted by atomic mass is 79.9. The van der Waals surface area contributed by atoms with Gasteiger partial charge in [0.2, 0.25) is 5.91 Å². The van der Waals surface area contributed by atoms with Gasteiger partial charge in [0.25, 0.3) is 5.91 Å². The number of hydrogen-bond donors (Lipinski definition) is 1. The fourth-order valence-corrected chi connectivity index (χ4v) is 4.47. The predicted octanol–water partition coefficient (Wildman–Crippen LogP) is 6.01. The maximum absolute atomic E-state index is 13.4. The Morgan fingerprint density at radius 3 is 2.47 bits per heavy atom. The molecule has 0 unspecified atom stereocenters. The largest absolute Gasteiger partial charge is 0.483 e. The second-order valence-corrected chi connectivity index (χ2v) is 9.26. The summed E-state index contributed by atoms with van der Waals surface area (Å²) >= 11 is 3.62. The normalized spacial score (nSPS) is 11.8. The summed E-state index contributed by atoms with van der Waals surface area (Å²) in [7, 11) is 0. The predicted molar refractivity (Wildman–Crippen MR) is 141 cm³/mol. The number of rotatable bonds is 11. The average molecular weight is 525 g/mol. The van der Waals surface area contributed by atoms with Gasteiger partial charge in [-0.25, -0.2) is 0 Å². The summed E-state index contributed by atoms with van der Waals surface area (Å²) in [5.41, 5.74) is 2.13. The van der Waals surface area contributed by atoms with Gasteiger partial charge in [-0.3, -0.25) is 9.59 Å². The van der Waals surface area contributed by atoms with Crippen molar-refractivity contribution in [1.82, 2.24) is 10.2 Å². The Hall–Kier alpha value is -2.86. The lowest BCUT2D eigenvalue weighted by molar-refractivity contribution is -0.143. The summed E-state index contributed by atoms with van der Waals surface area (Å²) in [5.74, 6) is 0.254. The maximum Gasteiger partial charge on any atom is 0.261 e. The van der Waals surface area contributed by atoms with Crippen molar-refractivity contribution < 1.29 is 14.3 Å². The Morgan fingerprint density at radius 2 is 1.76 bits per heavy atom. The van der Waals surface area contributed by atoms with E-state index in [1.807, 2.05) is 74.5 Å². The van der Waals surface area contributed by atoms with E-state index in [2.05, 4.69) is 28.2 Å². The van der Waals surface area contributed by atoms with Gasteiger partial charge >= 0.3 is 0 Å². The van der Waals surface area contributed by atoms with Crippen molar-refractivity contribution in [2.24, 2.45) is 0 Å². The molecular formula is C28H33BrN2O3. The molecule has 0 fully saturated rings. The van der Waals surface area contributed by atoms with E-state index in [0.717, 1.165) is 39.2 Å². The molecule has 3 aromatic rings. The topological polar surface area (TPSA) is 58.6 Å². The van der Waals surface area contributed by atoms with Crippen LogP contribution in [0.4, 0.5) is 0 Å². The van der Waals surface area contributed by atoms with E-state index in [1.54, 1.807) is 4.90 Å². The molecule has 1 atom stereocenters. The quantitative estimate of drug-likeness (QED) is 0.312. The average Bonchev–Trinajstić information content (AvgIpc) is 2.85. The minimum Gasteiger partial charge on any atom is -0.483 e. The van der Waals surface area contributed by atoms with E-state index >= 15 is 0 Å². The minimum atomic E-state index is -0.561. The summed E-state index contributed by atoms with van der Waals surface area (Å²) in [6, 6.07) is 19.3. The van der Waals surface area contributed by atoms with Gasteiger partial charge in [0.1, 0.15) is 11.8 Å². The van der Waals surface area contributed by atoms with E-state index in [0.29, 0.717) is 25.3 Å². The van der Waals surface area contributed by atoms with E-state index < -0.39 is 6.04 Å². The van der Waals surface area contributed by atoms with Crippen LogP contribution in [-0.2, 0) is 16.1 Å². The highest BCUT2D eigenvalue weighted by Gasteiger charge is 2.29. The Labute approximate surface area is 210 Å². The molecule has 1 N–H and O–H groups in total. The molecule has 0 aliphatic heterocycles. The monoisotopic (exact) mass is 524 g/mol. The van der Waals surface area contributed by atoms with Crippen LogP contribution in [0.15, 0.2) is 65.1 Å². The van der Waals surface area contributed by atoms with Crippen molar-refractivity contribution in [3.8, 4) is 5.75 Å². The van der Waals surface area contributed by atoms with Crippen LogP contribution in [-0.4, -0.2) is 35.9 Å². The fraction of sp³-hybridized carbons (Fsp3) is 0.357. The van der Waals surface area contributed by atoms with Crippen LogP contribution in [0.5, 0.6) is 5.75 Å². The third-order valence-electron chi connectivity index (χ3n) is 5.87. The molecule has 3 rings (SSSR count). The van der Waals surface area contributed by atoms with Gasteiger partial charge < -0.3 is 15.0 Å². The lowest BCUT2D eigenvalue weighted by Gasteiger charge is -2.30. The minimum absolute atomic E-state index is 0.122. The SMILES string of the molecule is CCCCNC(=O)[C@@H](CC)N(Cc1ccc(C)cc1)C(=O)COc1ccc2ccccc2c1Br. The van der Waals surface area contributed by atoms with Gasteiger partial charge in [0.05, 0.1) is 4.47 Å². The Balaban J connectivity index is 1.79. The van der Waals surface area contributed by atoms with Crippen molar-refractivity contribution in [2.45, 2.75) is 52.6 Å². The van der Waals surface area contributed by atoms with Crippen LogP contribution >= 0.6 is 15.9 Å². The number of carbonyl (C=O) groups excluding carboxylic acids is 2. The lowest BCUT2D eigenvalue weighted by atomic mass is 10.1. The maximum atomic E-state index is 13.4. The Bertz CT molecular complexity index is 1110. The number of nitrogens with zero attached hydrogens (tertiary/aromatic N) is 1. The number of carbonyl (C=O) groups is 2. The highest BCUT2D eigenvalue weighted by Crippen LogP contribution is 2.33. The van der Waals surface area contributed by atoms with Gasteiger partial charge in [-0.2, -0.15) is 0 Å². The van der Waals surface area contributed by atoms with E-state index in [1.165, 1.54) is 0 Å². The van der Waals surface area contributed by atoms with Gasteiger partial charge in [0.15, 0.2) is 6.61 Å². The first-order chi connectivity index (χ1) is 16.4. The van der Waals surface area contributed by atoms with Crippen molar-refractivity contribution in [3.05, 3.63) is 76.3 Å². The van der Waals surface area contributed by atoms with Gasteiger partial charge in [-0.15, -0.1) is 0 Å². The molecule has 180 valence electrons. The zero-order valence-electron chi connectivity index (χ0n) is 20.1. The summed E-state index contributed by atoms with van der Waals surface area (Å²) < 4.78 is 6.76. The van der Waals surface area contributed by atoms with E-state index in [9.17, 15) is 9.59 Å². The molecule has 0 aromatic heterocycles. The number of nitrogens with one attached hydrogen (secondary N) is 1. The van der Waals surface area contributed by atoms with Crippen LogP contribution in [0.1, 0.15) is 44.2 Å². The number of aryl methyl sites for hydroxylation is 1. The van der Waals surface area contributed by atoms with Crippen LogP contribution < -0.4 is 10.1 Å². The smallest absolute Gasteiger partial charge is 0.261 e. The van der Waals surface area contributed by atoms with Crippen molar-refractivity contribution in [1.29, 1.82) is 0 Å². The molecule has 0 aliphatic rings. The molecule has 0 aliphatic carbocycles. The van der Waals surface area contributed by atoms with Gasteiger partial charge in [0, 0.05) is 13.1 Å². The number of hydrogen-bond acceptors (Lipinski definition) is 3. The molecule has 34 heavy (non-hydrogen) atoms. The van der Waals surface area contributed by atoms with E-state index in [4.69, 9.17) is 4.74 Å². The molecule has 0 heterocycles. The fourth-order valence-electron chi connectivity index (χ4n) is 3.86. The molecule has 0 saturated heterocycles. The van der Waals surface area contributed by atoms with E-state index in [-0.39, 0.29) is 18.4 Å². The second kappa shape index (κ2) is 12.6. The first kappa shape index (κ1) is 25.8. The Morgan fingerprint density at radius 1 is 1.03 bits per heavy atom. The number of ether oxygens (including phenoxy) is 1. The third kappa shape index (κ3) is 6.60. The van der Waals surface area contributed by atoms with Crippen LogP contribution in [0, 0.1) is 6.92 Å². The van der Waals surface area contributed by atoms with Crippen molar-refractivity contribution in [2.75, 3.05) is 13.2 Å². The van der Waals surface area contributed by atoms with Gasteiger partial charge in [-0.05, 0) is 58.1 Å². The summed E-state index contributed by atoms with van der Waals surface area (Å²) in [6.07, 6.45) is 2.43. The zero-order valence-corrected chi connectivity index (χ0v) is 21.7. The molecule has 6 heteroatoms. The summed E-state index contributed by atoms with van der Waals surface area (Å²) in [4.78, 5) is 28.0. The number of unbranched alkanes of at least 4 members (excludes halogenated alkanes) is 1. The molecule has 0 saturated carbocycles. The molecule has 2 amide bonds. The van der Waals surface area contributed by atoms with Crippen molar-refractivity contribution in [3.63, 3.8) is 0 Å². The Kier molecular flexibility index (Phi) is 9.52. The number of halogens is 1.